The molecular weight excluding hydrogens is 292 g/mol. The number of hydrogen-bond donors (Lipinski definition) is 3. The minimum atomic E-state index is -1.08. The summed E-state index contributed by atoms with van der Waals surface area (Å²) in [4.78, 5) is 23.3. The lowest BCUT2D eigenvalue weighted by atomic mass is 10.0. The van der Waals surface area contributed by atoms with Crippen molar-refractivity contribution < 1.29 is 13.6 Å². The van der Waals surface area contributed by atoms with Gasteiger partial charge in [-0.1, -0.05) is 0 Å². The molecule has 0 saturated carbocycles. The predicted molar refractivity (Wildman–Crippen MR) is 77.6 cm³/mol. The highest BCUT2D eigenvalue weighted by molar-refractivity contribution is 6.18. The lowest BCUT2D eigenvalue weighted by Crippen LogP contribution is -2.10. The molecule has 0 bridgehead atoms. The standard InChI is InChI=1S/C14H11F2N5O/c1-18-13-9-6(4-19-14(9)21-5-20-13)12(22)10-7(15)2-3-8(17)11(10)16/h2-5H,17H2,1H3,(H2,18,19,20,21). The number of carbonyl (C=O) groups excluding carboxylic acids is 1. The Kier molecular flexibility index (Phi) is 3.21. The van der Waals surface area contributed by atoms with Crippen LogP contribution in [0.25, 0.3) is 11.0 Å². The molecular formula is C14H11F2N5O. The highest BCUT2D eigenvalue weighted by atomic mass is 19.1. The van der Waals surface area contributed by atoms with Crippen molar-refractivity contribution in [3.05, 3.63) is 47.4 Å². The van der Waals surface area contributed by atoms with E-state index in [0.29, 0.717) is 16.9 Å². The van der Waals surface area contributed by atoms with Crippen molar-refractivity contribution in [3.8, 4) is 0 Å². The van der Waals surface area contributed by atoms with Crippen LogP contribution in [0, 0.1) is 11.6 Å². The highest BCUT2D eigenvalue weighted by Crippen LogP contribution is 2.28. The fourth-order valence-electron chi connectivity index (χ4n) is 2.24. The number of aromatic nitrogens is 3. The number of fused-ring (bicyclic) bond motifs is 1. The van der Waals surface area contributed by atoms with Crippen LogP contribution in [0.5, 0.6) is 0 Å². The molecule has 0 unspecified atom stereocenters. The van der Waals surface area contributed by atoms with E-state index < -0.39 is 23.0 Å². The summed E-state index contributed by atoms with van der Waals surface area (Å²) in [6.07, 6.45) is 2.64. The number of nitrogens with two attached hydrogens (primary N) is 1. The second kappa shape index (κ2) is 5.06. The van der Waals surface area contributed by atoms with Crippen LogP contribution in [-0.4, -0.2) is 27.8 Å². The van der Waals surface area contributed by atoms with Crippen LogP contribution >= 0.6 is 0 Å². The van der Waals surface area contributed by atoms with Gasteiger partial charge in [-0.2, -0.15) is 0 Å². The summed E-state index contributed by atoms with van der Waals surface area (Å²) in [6.45, 7) is 0. The maximum Gasteiger partial charge on any atom is 0.201 e. The van der Waals surface area contributed by atoms with Crippen LogP contribution in [0.2, 0.25) is 0 Å². The Morgan fingerprint density at radius 3 is 2.82 bits per heavy atom. The van der Waals surface area contributed by atoms with Crippen LogP contribution in [0.15, 0.2) is 24.7 Å². The lowest BCUT2D eigenvalue weighted by Gasteiger charge is -2.07. The first kappa shape index (κ1) is 13.9. The number of hydrogen-bond acceptors (Lipinski definition) is 5. The number of halogens is 2. The fraction of sp³-hybridized carbons (Fsp3) is 0.0714. The Morgan fingerprint density at radius 1 is 1.32 bits per heavy atom. The Morgan fingerprint density at radius 2 is 2.09 bits per heavy atom. The maximum absolute atomic E-state index is 14.0. The van der Waals surface area contributed by atoms with Crippen LogP contribution in [0.1, 0.15) is 15.9 Å². The zero-order valence-corrected chi connectivity index (χ0v) is 11.4. The minimum absolute atomic E-state index is 0.0587. The summed E-state index contributed by atoms with van der Waals surface area (Å²) in [5, 5.41) is 3.17. The Balaban J connectivity index is 2.25. The van der Waals surface area contributed by atoms with Crippen LogP contribution in [0.4, 0.5) is 20.3 Å². The highest BCUT2D eigenvalue weighted by Gasteiger charge is 2.25. The van der Waals surface area contributed by atoms with E-state index in [9.17, 15) is 13.6 Å². The fourth-order valence-corrected chi connectivity index (χ4v) is 2.24. The average Bonchev–Trinajstić information content (AvgIpc) is 2.95. The van der Waals surface area contributed by atoms with Gasteiger partial charge in [0.05, 0.1) is 22.2 Å². The van der Waals surface area contributed by atoms with Crippen molar-refractivity contribution in [2.75, 3.05) is 18.1 Å². The quantitative estimate of drug-likeness (QED) is 0.508. The van der Waals surface area contributed by atoms with Gasteiger partial charge in [0.25, 0.3) is 0 Å². The summed E-state index contributed by atoms with van der Waals surface area (Å²) >= 11 is 0. The normalized spacial score (nSPS) is 10.9. The molecule has 3 rings (SSSR count). The molecule has 8 heteroatoms. The lowest BCUT2D eigenvalue weighted by molar-refractivity contribution is 0.103. The number of carbonyl (C=O) groups is 1. The number of nitrogens with zero attached hydrogens (tertiary/aromatic N) is 2. The van der Waals surface area contributed by atoms with Gasteiger partial charge in [-0.3, -0.25) is 4.79 Å². The third-order valence-corrected chi connectivity index (χ3v) is 3.30. The van der Waals surface area contributed by atoms with Crippen LogP contribution < -0.4 is 11.1 Å². The molecule has 1 aromatic carbocycles. The number of nitrogen functional groups attached to an aromatic ring is 1. The van der Waals surface area contributed by atoms with E-state index in [1.165, 1.54) is 12.5 Å². The summed E-state index contributed by atoms with van der Waals surface area (Å²) in [5.41, 5.74) is 4.85. The van der Waals surface area contributed by atoms with E-state index in [0.717, 1.165) is 12.1 Å². The van der Waals surface area contributed by atoms with Crippen LogP contribution in [-0.2, 0) is 0 Å². The summed E-state index contributed by atoms with van der Waals surface area (Å²) in [5.74, 6) is -2.52. The molecule has 0 aliphatic rings. The number of rotatable bonds is 3. The Hall–Kier alpha value is -3.03. The predicted octanol–water partition coefficient (Wildman–Crippen LogP) is 2.09. The smallest absolute Gasteiger partial charge is 0.201 e. The molecule has 2 aromatic heterocycles. The van der Waals surface area contributed by atoms with Gasteiger partial charge in [0, 0.05) is 13.2 Å². The molecule has 0 atom stereocenters. The number of benzene rings is 1. The topological polar surface area (TPSA) is 96.7 Å². The van der Waals surface area contributed by atoms with E-state index >= 15 is 0 Å². The summed E-state index contributed by atoms with van der Waals surface area (Å²) in [7, 11) is 1.62. The Labute approximate surface area is 123 Å². The molecule has 2 heterocycles. The van der Waals surface area contributed by atoms with E-state index in [-0.39, 0.29) is 11.3 Å². The molecule has 0 spiro atoms. The first-order valence-corrected chi connectivity index (χ1v) is 6.32. The zero-order valence-electron chi connectivity index (χ0n) is 11.4. The number of anilines is 2. The molecule has 0 saturated heterocycles. The van der Waals surface area contributed by atoms with Crippen LogP contribution in [0.3, 0.4) is 0 Å². The van der Waals surface area contributed by atoms with Gasteiger partial charge in [0.1, 0.15) is 23.6 Å². The molecule has 22 heavy (non-hydrogen) atoms. The summed E-state index contributed by atoms with van der Waals surface area (Å²) in [6, 6.07) is 2.02. The van der Waals surface area contributed by atoms with Crippen molar-refractivity contribution >= 4 is 28.3 Å². The van der Waals surface area contributed by atoms with Gasteiger partial charge < -0.3 is 16.0 Å². The molecule has 4 N–H and O–H groups in total. The van der Waals surface area contributed by atoms with Gasteiger partial charge in [-0.15, -0.1) is 0 Å². The van der Waals surface area contributed by atoms with Gasteiger partial charge in [-0.25, -0.2) is 18.7 Å². The largest absolute Gasteiger partial charge is 0.396 e. The van der Waals surface area contributed by atoms with Gasteiger partial charge in [-0.05, 0) is 12.1 Å². The molecule has 0 amide bonds. The van der Waals surface area contributed by atoms with E-state index in [1.807, 2.05) is 0 Å². The van der Waals surface area contributed by atoms with Crippen molar-refractivity contribution in [3.63, 3.8) is 0 Å². The third-order valence-electron chi connectivity index (χ3n) is 3.30. The minimum Gasteiger partial charge on any atom is -0.396 e. The SMILES string of the molecule is CNc1ncnc2[nH]cc(C(=O)c3c(F)ccc(N)c3F)c12. The molecule has 0 radical (unpaired) electrons. The monoisotopic (exact) mass is 303 g/mol. The van der Waals surface area contributed by atoms with E-state index in [1.54, 1.807) is 7.05 Å². The number of H-pyrrole nitrogens is 1. The average molecular weight is 303 g/mol. The maximum atomic E-state index is 14.0. The summed E-state index contributed by atoms with van der Waals surface area (Å²) < 4.78 is 27.9. The first-order chi connectivity index (χ1) is 10.5. The van der Waals surface area contributed by atoms with Crippen molar-refractivity contribution in [1.29, 1.82) is 0 Å². The number of aromatic amines is 1. The second-order valence-electron chi connectivity index (χ2n) is 4.55. The first-order valence-electron chi connectivity index (χ1n) is 6.32. The molecule has 0 fully saturated rings. The molecule has 0 aliphatic carbocycles. The molecule has 112 valence electrons. The number of nitrogens with one attached hydrogen (secondary N) is 2. The van der Waals surface area contributed by atoms with E-state index in [2.05, 4.69) is 20.3 Å². The van der Waals surface area contributed by atoms with Gasteiger partial charge in [0.2, 0.25) is 5.78 Å². The van der Waals surface area contributed by atoms with E-state index in [4.69, 9.17) is 5.73 Å². The third kappa shape index (κ3) is 1.96. The zero-order chi connectivity index (χ0) is 15.9. The van der Waals surface area contributed by atoms with Crippen molar-refractivity contribution in [2.24, 2.45) is 0 Å². The van der Waals surface area contributed by atoms with Gasteiger partial charge in [0.15, 0.2) is 5.82 Å². The van der Waals surface area contributed by atoms with Crippen molar-refractivity contribution in [2.45, 2.75) is 0 Å². The Bertz CT molecular complexity index is 890. The van der Waals surface area contributed by atoms with Gasteiger partial charge >= 0.3 is 0 Å². The molecule has 6 nitrogen and oxygen atoms in total. The molecule has 0 aliphatic heterocycles. The molecule has 3 aromatic rings. The number of ketones is 1. The van der Waals surface area contributed by atoms with Crippen molar-refractivity contribution in [1.82, 2.24) is 15.0 Å². The second-order valence-corrected chi connectivity index (χ2v) is 4.55.